The first-order chi connectivity index (χ1) is 14.5. The van der Waals surface area contributed by atoms with Crippen LogP contribution in [0.25, 0.3) is 11.1 Å². The van der Waals surface area contributed by atoms with Gasteiger partial charge in [0.1, 0.15) is 11.6 Å². The molecule has 0 radical (unpaired) electrons. The number of hydrogen-bond donors (Lipinski definition) is 0. The highest BCUT2D eigenvalue weighted by Gasteiger charge is 2.31. The van der Waals surface area contributed by atoms with Crippen LogP contribution >= 0.6 is 0 Å². The van der Waals surface area contributed by atoms with Gasteiger partial charge in [-0.1, -0.05) is 56.9 Å². The third-order valence-electron chi connectivity index (χ3n) is 8.02. The van der Waals surface area contributed by atoms with Crippen molar-refractivity contribution in [1.29, 1.82) is 0 Å². The van der Waals surface area contributed by atoms with Crippen molar-refractivity contribution in [2.45, 2.75) is 84.0 Å². The van der Waals surface area contributed by atoms with Crippen molar-refractivity contribution in [3.63, 3.8) is 0 Å². The summed E-state index contributed by atoms with van der Waals surface area (Å²) < 4.78 is 27.8. The molecule has 2 aliphatic carbocycles. The van der Waals surface area contributed by atoms with Crippen molar-refractivity contribution in [3.8, 4) is 11.1 Å². The molecule has 0 bridgehead atoms. The molecule has 0 aromatic heterocycles. The standard InChI is InChI=1S/C28H36F2/c1-3-4-20-5-7-21(8-6-20)22-9-11-23(12-10-22)24-13-15-25(16-14-24)26-17-27(29)19(2)28(30)18-26/h13-18,20-23H,3-12H2,1-2H3. The van der Waals surface area contributed by atoms with Gasteiger partial charge in [-0.2, -0.15) is 0 Å². The highest BCUT2D eigenvalue weighted by Crippen LogP contribution is 2.44. The summed E-state index contributed by atoms with van der Waals surface area (Å²) in [6.45, 7) is 3.79. The molecule has 2 fully saturated rings. The van der Waals surface area contributed by atoms with E-state index in [0.717, 1.165) is 23.3 Å². The summed E-state index contributed by atoms with van der Waals surface area (Å²) in [6, 6.07) is 11.3. The van der Waals surface area contributed by atoms with Crippen LogP contribution in [-0.4, -0.2) is 0 Å². The molecule has 0 nitrogen and oxygen atoms in total. The summed E-state index contributed by atoms with van der Waals surface area (Å²) in [5.74, 6) is 2.58. The minimum Gasteiger partial charge on any atom is -0.207 e. The summed E-state index contributed by atoms with van der Waals surface area (Å²) in [4.78, 5) is 0. The van der Waals surface area contributed by atoms with Gasteiger partial charge in [0, 0.05) is 5.56 Å². The van der Waals surface area contributed by atoms with Crippen molar-refractivity contribution in [2.75, 3.05) is 0 Å². The van der Waals surface area contributed by atoms with Crippen LogP contribution in [0.15, 0.2) is 36.4 Å². The molecule has 0 N–H and O–H groups in total. The van der Waals surface area contributed by atoms with Gasteiger partial charge in [0.2, 0.25) is 0 Å². The first-order valence-electron chi connectivity index (χ1n) is 12.1. The van der Waals surface area contributed by atoms with Gasteiger partial charge in [0.15, 0.2) is 0 Å². The van der Waals surface area contributed by atoms with Crippen LogP contribution in [0.4, 0.5) is 8.78 Å². The molecule has 2 heteroatoms. The van der Waals surface area contributed by atoms with E-state index in [9.17, 15) is 8.78 Å². The summed E-state index contributed by atoms with van der Waals surface area (Å²) in [6.07, 6.45) is 13.9. The van der Waals surface area contributed by atoms with Crippen LogP contribution in [0, 0.1) is 36.3 Å². The quantitative estimate of drug-likeness (QED) is 0.462. The van der Waals surface area contributed by atoms with Gasteiger partial charge < -0.3 is 0 Å². The second-order valence-corrected chi connectivity index (χ2v) is 9.87. The Morgan fingerprint density at radius 2 is 1.27 bits per heavy atom. The molecule has 162 valence electrons. The Labute approximate surface area is 181 Å². The van der Waals surface area contributed by atoms with Gasteiger partial charge in [-0.05, 0) is 97.9 Å². The average molecular weight is 411 g/mol. The molecule has 0 aliphatic heterocycles. The number of rotatable bonds is 5. The van der Waals surface area contributed by atoms with E-state index in [1.807, 2.05) is 12.1 Å². The third-order valence-corrected chi connectivity index (χ3v) is 8.02. The van der Waals surface area contributed by atoms with E-state index in [-0.39, 0.29) is 5.56 Å². The predicted octanol–water partition coefficient (Wildman–Crippen LogP) is 8.82. The van der Waals surface area contributed by atoms with E-state index < -0.39 is 11.6 Å². The van der Waals surface area contributed by atoms with E-state index in [1.54, 1.807) is 0 Å². The topological polar surface area (TPSA) is 0 Å². The van der Waals surface area contributed by atoms with Crippen molar-refractivity contribution >= 4 is 0 Å². The number of benzene rings is 2. The Balaban J connectivity index is 1.33. The Morgan fingerprint density at radius 3 is 1.80 bits per heavy atom. The van der Waals surface area contributed by atoms with Crippen molar-refractivity contribution in [2.24, 2.45) is 17.8 Å². The maximum absolute atomic E-state index is 13.9. The Hall–Kier alpha value is -1.70. The summed E-state index contributed by atoms with van der Waals surface area (Å²) >= 11 is 0. The molecule has 0 heterocycles. The zero-order chi connectivity index (χ0) is 21.1. The van der Waals surface area contributed by atoms with Crippen LogP contribution in [0.1, 0.15) is 88.2 Å². The third kappa shape index (κ3) is 4.79. The largest absolute Gasteiger partial charge is 0.207 e. The highest BCUT2D eigenvalue weighted by atomic mass is 19.1. The monoisotopic (exact) mass is 410 g/mol. The number of halogens is 2. The molecule has 4 rings (SSSR count). The zero-order valence-electron chi connectivity index (χ0n) is 18.6. The lowest BCUT2D eigenvalue weighted by Crippen LogP contribution is -2.25. The molecular weight excluding hydrogens is 374 g/mol. The van der Waals surface area contributed by atoms with Gasteiger partial charge in [-0.3, -0.25) is 0 Å². The minimum atomic E-state index is -0.476. The van der Waals surface area contributed by atoms with Gasteiger partial charge in [0.05, 0.1) is 0 Å². The lowest BCUT2D eigenvalue weighted by molar-refractivity contribution is 0.156. The van der Waals surface area contributed by atoms with E-state index in [1.165, 1.54) is 88.8 Å². The Bertz CT molecular complexity index is 799. The molecule has 0 amide bonds. The lowest BCUT2D eigenvalue weighted by Gasteiger charge is -2.38. The van der Waals surface area contributed by atoms with Gasteiger partial charge in [-0.25, -0.2) is 8.78 Å². The first kappa shape index (κ1) is 21.5. The molecule has 30 heavy (non-hydrogen) atoms. The molecule has 0 saturated heterocycles. The Kier molecular flexibility index (Phi) is 6.91. The molecule has 2 saturated carbocycles. The van der Waals surface area contributed by atoms with Crippen molar-refractivity contribution in [3.05, 3.63) is 59.2 Å². The van der Waals surface area contributed by atoms with Gasteiger partial charge in [-0.15, -0.1) is 0 Å². The number of hydrogen-bond acceptors (Lipinski definition) is 0. The second kappa shape index (κ2) is 9.62. The van der Waals surface area contributed by atoms with Gasteiger partial charge >= 0.3 is 0 Å². The molecule has 2 aromatic rings. The second-order valence-electron chi connectivity index (χ2n) is 9.87. The van der Waals surface area contributed by atoms with Crippen LogP contribution in [0.5, 0.6) is 0 Å². The molecule has 0 atom stereocenters. The summed E-state index contributed by atoms with van der Waals surface area (Å²) in [5, 5.41) is 0. The molecule has 0 unspecified atom stereocenters. The highest BCUT2D eigenvalue weighted by molar-refractivity contribution is 5.64. The van der Waals surface area contributed by atoms with Gasteiger partial charge in [0.25, 0.3) is 0 Å². The SMILES string of the molecule is CCCC1CCC(C2CCC(c3ccc(-c4cc(F)c(C)c(F)c4)cc3)CC2)CC1. The van der Waals surface area contributed by atoms with Crippen LogP contribution < -0.4 is 0 Å². The van der Waals surface area contributed by atoms with E-state index in [2.05, 4.69) is 19.1 Å². The fourth-order valence-corrected chi connectivity index (χ4v) is 6.04. The van der Waals surface area contributed by atoms with Crippen molar-refractivity contribution in [1.82, 2.24) is 0 Å². The van der Waals surface area contributed by atoms with Crippen LogP contribution in [-0.2, 0) is 0 Å². The average Bonchev–Trinajstić information content (AvgIpc) is 2.78. The fraction of sp³-hybridized carbons (Fsp3) is 0.571. The fourth-order valence-electron chi connectivity index (χ4n) is 6.04. The van der Waals surface area contributed by atoms with E-state index >= 15 is 0 Å². The van der Waals surface area contributed by atoms with Crippen LogP contribution in [0.2, 0.25) is 0 Å². The van der Waals surface area contributed by atoms with E-state index in [4.69, 9.17) is 0 Å². The zero-order valence-corrected chi connectivity index (χ0v) is 18.6. The minimum absolute atomic E-state index is 0.0889. The van der Waals surface area contributed by atoms with E-state index in [0.29, 0.717) is 11.5 Å². The maximum atomic E-state index is 13.9. The summed E-state index contributed by atoms with van der Waals surface area (Å²) in [7, 11) is 0. The summed E-state index contributed by atoms with van der Waals surface area (Å²) in [5.41, 5.74) is 2.97. The molecule has 0 spiro atoms. The molecule has 2 aliphatic rings. The van der Waals surface area contributed by atoms with Crippen LogP contribution in [0.3, 0.4) is 0 Å². The van der Waals surface area contributed by atoms with Crippen molar-refractivity contribution < 1.29 is 8.78 Å². The molecular formula is C28H36F2. The smallest absolute Gasteiger partial charge is 0.129 e. The first-order valence-corrected chi connectivity index (χ1v) is 12.1. The lowest BCUT2D eigenvalue weighted by atomic mass is 9.68. The normalized spacial score (nSPS) is 27.2. The Morgan fingerprint density at radius 1 is 0.733 bits per heavy atom. The maximum Gasteiger partial charge on any atom is 0.129 e. The molecule has 2 aromatic carbocycles. The predicted molar refractivity (Wildman–Crippen MR) is 122 cm³/mol.